The van der Waals surface area contributed by atoms with E-state index < -0.39 is 11.1 Å². The highest BCUT2D eigenvalue weighted by Crippen LogP contribution is 2.37. The van der Waals surface area contributed by atoms with Crippen molar-refractivity contribution in [2.24, 2.45) is 0 Å². The number of rotatable bonds is 9. The number of fused-ring (bicyclic) bond motifs is 1. The van der Waals surface area contributed by atoms with Gasteiger partial charge >= 0.3 is 0 Å². The molecule has 210 valence electrons. The van der Waals surface area contributed by atoms with Crippen LogP contribution in [0.25, 0.3) is 6.08 Å². The molecule has 0 radical (unpaired) electrons. The lowest BCUT2D eigenvalue weighted by atomic mass is 10.00. The van der Waals surface area contributed by atoms with Crippen LogP contribution in [-0.2, 0) is 35.6 Å². The third-order valence-electron chi connectivity index (χ3n) is 6.98. The molecule has 0 aliphatic carbocycles. The Balaban J connectivity index is 1.32. The van der Waals surface area contributed by atoms with E-state index in [9.17, 15) is 18.8 Å². The van der Waals surface area contributed by atoms with Crippen LogP contribution in [0.2, 0.25) is 0 Å². The number of amides is 3. The lowest BCUT2D eigenvalue weighted by Crippen LogP contribution is -2.44. The summed E-state index contributed by atoms with van der Waals surface area (Å²) in [7, 11) is 1.51. The third kappa shape index (κ3) is 6.36. The molecular formula is C32H29FN2O5S. The number of imide groups is 1. The molecule has 0 N–H and O–H groups in total. The number of halogens is 1. The van der Waals surface area contributed by atoms with Gasteiger partial charge in [-0.3, -0.25) is 19.3 Å². The predicted octanol–water partition coefficient (Wildman–Crippen LogP) is 5.76. The summed E-state index contributed by atoms with van der Waals surface area (Å²) >= 11 is 0.804. The zero-order valence-electron chi connectivity index (χ0n) is 22.6. The van der Waals surface area contributed by atoms with Crippen LogP contribution in [0.5, 0.6) is 11.5 Å². The van der Waals surface area contributed by atoms with Gasteiger partial charge in [-0.05, 0) is 77.2 Å². The average Bonchev–Trinajstić information content (AvgIpc) is 3.24. The number of benzene rings is 3. The van der Waals surface area contributed by atoms with Crippen LogP contribution in [0.1, 0.15) is 27.8 Å². The molecule has 0 bridgehead atoms. The monoisotopic (exact) mass is 572 g/mol. The summed E-state index contributed by atoms with van der Waals surface area (Å²) in [6, 6.07) is 17.6. The lowest BCUT2D eigenvalue weighted by Gasteiger charge is -2.29. The number of carbonyl (C=O) groups is 3. The highest BCUT2D eigenvalue weighted by atomic mass is 32.2. The molecule has 0 atom stereocenters. The number of carbonyl (C=O) groups excluding carboxylic acids is 3. The SMILES string of the molecule is C=CCc1cc(/C=C2\SC(=O)N(CC(=O)N3CCc4ccccc4C3)C2=O)cc(OC)c1OCc1ccc(F)cc1. The second-order valence-electron chi connectivity index (χ2n) is 9.72. The molecule has 1 saturated heterocycles. The molecule has 2 aliphatic heterocycles. The smallest absolute Gasteiger partial charge is 0.294 e. The topological polar surface area (TPSA) is 76.2 Å². The molecule has 0 aromatic heterocycles. The van der Waals surface area contributed by atoms with Gasteiger partial charge in [0.25, 0.3) is 11.1 Å². The Hall–Kier alpha value is -4.37. The molecule has 2 aliphatic rings. The van der Waals surface area contributed by atoms with E-state index in [0.717, 1.165) is 39.8 Å². The Morgan fingerprint density at radius 1 is 1.10 bits per heavy atom. The van der Waals surface area contributed by atoms with Crippen LogP contribution < -0.4 is 9.47 Å². The van der Waals surface area contributed by atoms with Crippen molar-refractivity contribution in [1.82, 2.24) is 9.80 Å². The maximum absolute atomic E-state index is 13.3. The molecule has 3 aromatic rings. The number of hydrogen-bond acceptors (Lipinski definition) is 6. The zero-order chi connectivity index (χ0) is 28.9. The van der Waals surface area contributed by atoms with Crippen LogP contribution in [0.15, 0.2) is 78.2 Å². The van der Waals surface area contributed by atoms with Gasteiger partial charge in [0.05, 0.1) is 12.0 Å². The summed E-state index contributed by atoms with van der Waals surface area (Å²) in [6.45, 7) is 4.73. The van der Waals surface area contributed by atoms with E-state index in [0.29, 0.717) is 36.6 Å². The molecule has 9 heteroatoms. The second-order valence-corrected chi connectivity index (χ2v) is 10.7. The number of thioether (sulfide) groups is 1. The van der Waals surface area contributed by atoms with E-state index in [1.165, 1.54) is 24.8 Å². The van der Waals surface area contributed by atoms with Crippen LogP contribution in [0, 0.1) is 5.82 Å². The van der Waals surface area contributed by atoms with Crippen molar-refractivity contribution in [2.75, 3.05) is 20.2 Å². The standard InChI is InChI=1S/C32H29FN2O5S/c1-3-6-24-15-22(16-27(39-2)30(24)40-20-21-9-11-26(33)12-10-21)17-28-31(37)35(32(38)41-28)19-29(36)34-14-13-23-7-4-5-8-25(23)18-34/h3-5,7-12,15-17H,1,6,13-14,18-20H2,2H3/b28-17-. The Morgan fingerprint density at radius 2 is 1.85 bits per heavy atom. The summed E-state index contributed by atoms with van der Waals surface area (Å²) in [4.78, 5) is 41.9. The fourth-order valence-electron chi connectivity index (χ4n) is 4.86. The van der Waals surface area contributed by atoms with Gasteiger partial charge in [-0.25, -0.2) is 4.39 Å². The largest absolute Gasteiger partial charge is 0.493 e. The van der Waals surface area contributed by atoms with Crippen molar-refractivity contribution in [3.05, 3.63) is 112 Å². The van der Waals surface area contributed by atoms with Crippen LogP contribution >= 0.6 is 11.8 Å². The predicted molar refractivity (Wildman–Crippen MR) is 156 cm³/mol. The maximum Gasteiger partial charge on any atom is 0.294 e. The first-order valence-corrected chi connectivity index (χ1v) is 14.0. The van der Waals surface area contributed by atoms with Crippen molar-refractivity contribution >= 4 is 34.9 Å². The minimum Gasteiger partial charge on any atom is -0.493 e. The second kappa shape index (κ2) is 12.4. The molecule has 0 spiro atoms. The van der Waals surface area contributed by atoms with E-state index in [4.69, 9.17) is 9.47 Å². The summed E-state index contributed by atoms with van der Waals surface area (Å²) in [6.07, 6.45) is 4.54. The Labute approximate surface area is 242 Å². The fourth-order valence-corrected chi connectivity index (χ4v) is 5.70. The summed E-state index contributed by atoms with van der Waals surface area (Å²) in [5, 5.41) is -0.482. The van der Waals surface area contributed by atoms with E-state index >= 15 is 0 Å². The van der Waals surface area contributed by atoms with Gasteiger partial charge in [0.1, 0.15) is 19.0 Å². The van der Waals surface area contributed by atoms with Crippen LogP contribution in [-0.4, -0.2) is 47.1 Å². The van der Waals surface area contributed by atoms with Gasteiger partial charge in [-0.2, -0.15) is 0 Å². The van der Waals surface area contributed by atoms with E-state index in [1.54, 1.807) is 35.3 Å². The number of ether oxygens (including phenoxy) is 2. The molecule has 3 amide bonds. The number of methoxy groups -OCH3 is 1. The number of allylic oxidation sites excluding steroid dienone is 1. The Kier molecular flexibility index (Phi) is 8.54. The van der Waals surface area contributed by atoms with Crippen molar-refractivity contribution in [1.29, 1.82) is 0 Å². The molecule has 7 nitrogen and oxygen atoms in total. The Bertz CT molecular complexity index is 1540. The molecule has 3 aromatic carbocycles. The Morgan fingerprint density at radius 3 is 2.59 bits per heavy atom. The minimum absolute atomic E-state index is 0.204. The highest BCUT2D eigenvalue weighted by Gasteiger charge is 2.37. The van der Waals surface area contributed by atoms with Crippen molar-refractivity contribution in [3.8, 4) is 11.5 Å². The molecule has 0 unspecified atom stereocenters. The van der Waals surface area contributed by atoms with Crippen molar-refractivity contribution in [3.63, 3.8) is 0 Å². The third-order valence-corrected chi connectivity index (χ3v) is 7.89. The number of hydrogen-bond donors (Lipinski definition) is 0. The minimum atomic E-state index is -0.508. The van der Waals surface area contributed by atoms with Gasteiger partial charge in [0, 0.05) is 18.7 Å². The zero-order valence-corrected chi connectivity index (χ0v) is 23.4. The molecular weight excluding hydrogens is 543 g/mol. The molecule has 1 fully saturated rings. The highest BCUT2D eigenvalue weighted by molar-refractivity contribution is 8.18. The first kappa shape index (κ1) is 28.2. The molecule has 41 heavy (non-hydrogen) atoms. The van der Waals surface area contributed by atoms with Gasteiger partial charge in [-0.1, -0.05) is 42.5 Å². The molecule has 2 heterocycles. The quantitative estimate of drug-likeness (QED) is 0.240. The first-order valence-electron chi connectivity index (χ1n) is 13.1. The fraction of sp³-hybridized carbons (Fsp3) is 0.219. The van der Waals surface area contributed by atoms with Gasteiger partial charge in [0.2, 0.25) is 5.91 Å². The first-order chi connectivity index (χ1) is 19.9. The summed E-state index contributed by atoms with van der Waals surface area (Å²) in [5.74, 6) is -0.144. The lowest BCUT2D eigenvalue weighted by molar-refractivity contribution is -0.136. The van der Waals surface area contributed by atoms with Crippen molar-refractivity contribution < 1.29 is 28.2 Å². The van der Waals surface area contributed by atoms with Crippen molar-refractivity contribution in [2.45, 2.75) is 26.0 Å². The number of nitrogens with zero attached hydrogens (tertiary/aromatic N) is 2. The van der Waals surface area contributed by atoms with Crippen LogP contribution in [0.3, 0.4) is 0 Å². The average molecular weight is 573 g/mol. The summed E-state index contributed by atoms with van der Waals surface area (Å²) < 4.78 is 24.9. The van der Waals surface area contributed by atoms with Gasteiger partial charge in [0.15, 0.2) is 11.5 Å². The van der Waals surface area contributed by atoms with E-state index in [1.807, 2.05) is 24.3 Å². The van der Waals surface area contributed by atoms with E-state index in [-0.39, 0.29) is 29.8 Å². The molecule has 0 saturated carbocycles. The molecule has 5 rings (SSSR count). The van der Waals surface area contributed by atoms with Crippen LogP contribution in [0.4, 0.5) is 9.18 Å². The normalized spacial score (nSPS) is 15.7. The van der Waals surface area contributed by atoms with E-state index in [2.05, 4.69) is 12.6 Å². The van der Waals surface area contributed by atoms with Gasteiger partial charge < -0.3 is 14.4 Å². The van der Waals surface area contributed by atoms with Gasteiger partial charge in [-0.15, -0.1) is 6.58 Å². The summed E-state index contributed by atoms with van der Waals surface area (Å²) in [5.41, 5.74) is 4.49. The maximum atomic E-state index is 13.3.